The molecule has 112 valence electrons. The first-order valence-electron chi connectivity index (χ1n) is 7.75. The van der Waals surface area contributed by atoms with Crippen LogP contribution in [0.4, 0.5) is 5.69 Å². The molecule has 1 N–H and O–H groups in total. The lowest BCUT2D eigenvalue weighted by Gasteiger charge is -2.32. The van der Waals surface area contributed by atoms with Crippen molar-refractivity contribution in [1.82, 2.24) is 5.32 Å². The van der Waals surface area contributed by atoms with E-state index in [4.69, 9.17) is 0 Å². The minimum absolute atomic E-state index is 0.526. The van der Waals surface area contributed by atoms with Crippen molar-refractivity contribution in [2.45, 2.75) is 59.2 Å². The third-order valence-electron chi connectivity index (χ3n) is 3.69. The lowest BCUT2D eigenvalue weighted by atomic mass is 10.1. The molecule has 0 unspecified atom stereocenters. The van der Waals surface area contributed by atoms with Crippen LogP contribution in [0.25, 0.3) is 0 Å². The fourth-order valence-electron chi connectivity index (χ4n) is 2.50. The van der Waals surface area contributed by atoms with E-state index in [1.54, 1.807) is 0 Å². The summed E-state index contributed by atoms with van der Waals surface area (Å²) in [6.45, 7) is 11.2. The van der Waals surface area contributed by atoms with Crippen LogP contribution in [0.2, 0.25) is 0 Å². The van der Waals surface area contributed by atoms with Gasteiger partial charge in [-0.2, -0.15) is 0 Å². The van der Waals surface area contributed by atoms with Crippen molar-refractivity contribution < 1.29 is 0 Å². The SMILES string of the molecule is CC(C)CN(c1ccc(Br)cc1CNC1CC1)C(C)C. The molecular weight excluding hydrogens is 312 g/mol. The zero-order valence-electron chi connectivity index (χ0n) is 13.1. The predicted octanol–water partition coefficient (Wildman–Crippen LogP) is 4.57. The summed E-state index contributed by atoms with van der Waals surface area (Å²) in [5.74, 6) is 0.672. The summed E-state index contributed by atoms with van der Waals surface area (Å²) in [5.41, 5.74) is 2.78. The Balaban J connectivity index is 2.21. The molecular formula is C17H27BrN2. The van der Waals surface area contributed by atoms with E-state index in [1.807, 2.05) is 0 Å². The Morgan fingerprint density at radius 2 is 1.95 bits per heavy atom. The Bertz CT molecular complexity index is 439. The third kappa shape index (κ3) is 4.49. The van der Waals surface area contributed by atoms with Gasteiger partial charge in [0.1, 0.15) is 0 Å². The summed E-state index contributed by atoms with van der Waals surface area (Å²) in [5, 5.41) is 3.64. The fraction of sp³-hybridized carbons (Fsp3) is 0.647. The predicted molar refractivity (Wildman–Crippen MR) is 91.3 cm³/mol. The summed E-state index contributed by atoms with van der Waals surface area (Å²) in [6.07, 6.45) is 2.67. The van der Waals surface area contributed by atoms with Crippen LogP contribution in [0.5, 0.6) is 0 Å². The van der Waals surface area contributed by atoms with Crippen molar-refractivity contribution in [2.75, 3.05) is 11.4 Å². The van der Waals surface area contributed by atoms with Gasteiger partial charge in [0.05, 0.1) is 0 Å². The van der Waals surface area contributed by atoms with Crippen molar-refractivity contribution in [3.05, 3.63) is 28.2 Å². The van der Waals surface area contributed by atoms with Crippen molar-refractivity contribution in [3.63, 3.8) is 0 Å². The minimum atomic E-state index is 0.526. The molecule has 0 spiro atoms. The van der Waals surface area contributed by atoms with Crippen LogP contribution in [-0.4, -0.2) is 18.6 Å². The summed E-state index contributed by atoms with van der Waals surface area (Å²) >= 11 is 3.61. The van der Waals surface area contributed by atoms with Crippen molar-refractivity contribution in [3.8, 4) is 0 Å². The Morgan fingerprint density at radius 1 is 1.25 bits per heavy atom. The van der Waals surface area contributed by atoms with E-state index in [1.165, 1.54) is 28.6 Å². The van der Waals surface area contributed by atoms with Crippen molar-refractivity contribution >= 4 is 21.6 Å². The fourth-order valence-corrected chi connectivity index (χ4v) is 2.91. The van der Waals surface area contributed by atoms with E-state index < -0.39 is 0 Å². The molecule has 0 radical (unpaired) electrons. The van der Waals surface area contributed by atoms with E-state index in [0.717, 1.165) is 19.1 Å². The van der Waals surface area contributed by atoms with Gasteiger partial charge in [-0.3, -0.25) is 0 Å². The van der Waals surface area contributed by atoms with Gasteiger partial charge in [0, 0.05) is 35.3 Å². The highest BCUT2D eigenvalue weighted by molar-refractivity contribution is 9.10. The maximum absolute atomic E-state index is 3.64. The molecule has 20 heavy (non-hydrogen) atoms. The van der Waals surface area contributed by atoms with Crippen molar-refractivity contribution in [1.29, 1.82) is 0 Å². The molecule has 0 heterocycles. The number of hydrogen-bond donors (Lipinski definition) is 1. The van der Waals surface area contributed by atoms with Crippen molar-refractivity contribution in [2.24, 2.45) is 5.92 Å². The van der Waals surface area contributed by atoms with Crippen LogP contribution in [0.15, 0.2) is 22.7 Å². The number of halogens is 1. The maximum Gasteiger partial charge on any atom is 0.0415 e. The third-order valence-corrected chi connectivity index (χ3v) is 4.19. The topological polar surface area (TPSA) is 15.3 Å². The van der Waals surface area contributed by atoms with E-state index in [0.29, 0.717) is 12.0 Å². The number of hydrogen-bond acceptors (Lipinski definition) is 2. The Hall–Kier alpha value is -0.540. The van der Waals surface area contributed by atoms with Crippen LogP contribution in [0, 0.1) is 5.92 Å². The summed E-state index contributed by atoms with van der Waals surface area (Å²) < 4.78 is 1.17. The van der Waals surface area contributed by atoms with Gasteiger partial charge < -0.3 is 10.2 Å². The van der Waals surface area contributed by atoms with Gasteiger partial charge in [-0.25, -0.2) is 0 Å². The standard InChI is InChI=1S/C17H27BrN2/c1-12(2)11-20(13(3)4)17-8-5-15(18)9-14(17)10-19-16-6-7-16/h5,8-9,12-13,16,19H,6-7,10-11H2,1-4H3. The molecule has 1 aromatic carbocycles. The smallest absolute Gasteiger partial charge is 0.0415 e. The Morgan fingerprint density at radius 3 is 2.50 bits per heavy atom. The number of rotatable bonds is 7. The quantitative estimate of drug-likeness (QED) is 0.783. The second kappa shape index (κ2) is 6.95. The number of benzene rings is 1. The second-order valence-electron chi connectivity index (χ2n) is 6.57. The van der Waals surface area contributed by atoms with Gasteiger partial charge in [0.15, 0.2) is 0 Å². The zero-order chi connectivity index (χ0) is 14.7. The van der Waals surface area contributed by atoms with Crippen LogP contribution in [0.3, 0.4) is 0 Å². The maximum atomic E-state index is 3.64. The largest absolute Gasteiger partial charge is 0.369 e. The molecule has 0 aliphatic heterocycles. The van der Waals surface area contributed by atoms with Gasteiger partial charge in [-0.15, -0.1) is 0 Å². The van der Waals surface area contributed by atoms with E-state index in [9.17, 15) is 0 Å². The van der Waals surface area contributed by atoms with Gasteiger partial charge >= 0.3 is 0 Å². The van der Waals surface area contributed by atoms with Crippen LogP contribution in [0.1, 0.15) is 46.1 Å². The molecule has 1 aliphatic rings. The average molecular weight is 339 g/mol. The van der Waals surface area contributed by atoms with Gasteiger partial charge in [0.25, 0.3) is 0 Å². The summed E-state index contributed by atoms with van der Waals surface area (Å²) in [6, 6.07) is 7.96. The molecule has 1 fully saturated rings. The van der Waals surface area contributed by atoms with Gasteiger partial charge in [-0.1, -0.05) is 29.8 Å². The van der Waals surface area contributed by atoms with Gasteiger partial charge in [0.2, 0.25) is 0 Å². The molecule has 1 aliphatic carbocycles. The van der Waals surface area contributed by atoms with E-state index in [-0.39, 0.29) is 0 Å². The zero-order valence-corrected chi connectivity index (χ0v) is 14.7. The van der Waals surface area contributed by atoms with E-state index >= 15 is 0 Å². The summed E-state index contributed by atoms with van der Waals surface area (Å²) in [7, 11) is 0. The number of anilines is 1. The highest BCUT2D eigenvalue weighted by Gasteiger charge is 2.22. The molecule has 0 bridgehead atoms. The molecule has 0 atom stereocenters. The molecule has 1 aromatic rings. The highest BCUT2D eigenvalue weighted by atomic mass is 79.9. The van der Waals surface area contributed by atoms with E-state index in [2.05, 4.69) is 72.0 Å². The molecule has 1 saturated carbocycles. The molecule has 0 amide bonds. The molecule has 2 nitrogen and oxygen atoms in total. The Kier molecular flexibility index (Phi) is 5.50. The molecule has 0 saturated heterocycles. The van der Waals surface area contributed by atoms with Gasteiger partial charge in [-0.05, 0) is 56.4 Å². The van der Waals surface area contributed by atoms with Crippen LogP contribution < -0.4 is 10.2 Å². The highest BCUT2D eigenvalue weighted by Crippen LogP contribution is 2.28. The lowest BCUT2D eigenvalue weighted by Crippen LogP contribution is -2.35. The molecule has 3 heteroatoms. The Labute approximate surface area is 132 Å². The summed E-state index contributed by atoms with van der Waals surface area (Å²) in [4.78, 5) is 2.53. The first-order valence-corrected chi connectivity index (χ1v) is 8.55. The normalized spacial score (nSPS) is 15.2. The van der Waals surface area contributed by atoms with Crippen LogP contribution >= 0.6 is 15.9 Å². The number of nitrogens with zero attached hydrogens (tertiary/aromatic N) is 1. The number of nitrogens with one attached hydrogen (secondary N) is 1. The monoisotopic (exact) mass is 338 g/mol. The average Bonchev–Trinajstić information content (AvgIpc) is 3.17. The minimum Gasteiger partial charge on any atom is -0.369 e. The molecule has 2 rings (SSSR count). The lowest BCUT2D eigenvalue weighted by molar-refractivity contribution is 0.567. The molecule has 0 aromatic heterocycles. The first-order chi connectivity index (χ1) is 9.47. The van der Waals surface area contributed by atoms with Crippen LogP contribution in [-0.2, 0) is 6.54 Å². The second-order valence-corrected chi connectivity index (χ2v) is 7.48. The first kappa shape index (κ1) is 15.8.